The molecule has 2 aromatic rings. The molecule has 0 spiro atoms. The SMILES string of the molecule is O=C(c1cccc2ccccc12)N1CCC(N2CCC(C(=O)N3CCOCC3)CC2)CC1. The number of carbonyl (C=O) groups is 2. The van der Waals surface area contributed by atoms with Gasteiger partial charge in [-0.2, -0.15) is 0 Å². The average molecular weight is 436 g/mol. The first-order valence-corrected chi connectivity index (χ1v) is 12.1. The Morgan fingerprint density at radius 3 is 2.19 bits per heavy atom. The summed E-state index contributed by atoms with van der Waals surface area (Å²) < 4.78 is 5.38. The molecule has 0 aliphatic carbocycles. The molecule has 0 unspecified atom stereocenters. The zero-order chi connectivity index (χ0) is 21.9. The van der Waals surface area contributed by atoms with Crippen LogP contribution in [0.3, 0.4) is 0 Å². The Morgan fingerprint density at radius 2 is 1.44 bits per heavy atom. The predicted molar refractivity (Wildman–Crippen MR) is 125 cm³/mol. The van der Waals surface area contributed by atoms with Gasteiger partial charge in [0.2, 0.25) is 5.91 Å². The van der Waals surface area contributed by atoms with Crippen LogP contribution in [0, 0.1) is 5.92 Å². The van der Waals surface area contributed by atoms with Crippen LogP contribution in [0.4, 0.5) is 0 Å². The maximum absolute atomic E-state index is 13.2. The van der Waals surface area contributed by atoms with Crippen LogP contribution in [0.1, 0.15) is 36.0 Å². The van der Waals surface area contributed by atoms with Gasteiger partial charge >= 0.3 is 0 Å². The lowest BCUT2D eigenvalue weighted by atomic mass is 9.92. The largest absolute Gasteiger partial charge is 0.378 e. The predicted octanol–water partition coefficient (Wildman–Crippen LogP) is 3.02. The topological polar surface area (TPSA) is 53.1 Å². The fourth-order valence-electron chi connectivity index (χ4n) is 5.57. The minimum absolute atomic E-state index is 0.148. The van der Waals surface area contributed by atoms with E-state index in [1.165, 1.54) is 0 Å². The van der Waals surface area contributed by atoms with Crippen LogP contribution < -0.4 is 0 Å². The van der Waals surface area contributed by atoms with Gasteiger partial charge in [0, 0.05) is 43.7 Å². The molecule has 2 aromatic carbocycles. The second kappa shape index (κ2) is 9.59. The van der Waals surface area contributed by atoms with E-state index in [4.69, 9.17) is 4.74 Å². The second-order valence-electron chi connectivity index (χ2n) is 9.30. The Bertz CT molecular complexity index is 950. The van der Waals surface area contributed by atoms with E-state index in [-0.39, 0.29) is 11.8 Å². The quantitative estimate of drug-likeness (QED) is 0.744. The van der Waals surface area contributed by atoms with Gasteiger partial charge in [-0.25, -0.2) is 0 Å². The highest BCUT2D eigenvalue weighted by molar-refractivity contribution is 6.07. The fraction of sp³-hybridized carbons (Fsp3) is 0.538. The molecular weight excluding hydrogens is 402 g/mol. The number of rotatable bonds is 3. The third-order valence-corrected chi connectivity index (χ3v) is 7.49. The number of carbonyl (C=O) groups excluding carboxylic acids is 2. The molecule has 32 heavy (non-hydrogen) atoms. The third-order valence-electron chi connectivity index (χ3n) is 7.49. The molecule has 170 valence electrons. The standard InChI is InChI=1S/C26H33N3O3/c30-25(29-16-18-32-19-17-29)21-8-12-27(13-9-21)22-10-14-28(15-11-22)26(31)24-7-3-5-20-4-1-2-6-23(20)24/h1-7,21-22H,8-19H2. The summed E-state index contributed by atoms with van der Waals surface area (Å²) in [6.45, 7) is 6.40. The van der Waals surface area contributed by atoms with Crippen LogP contribution >= 0.6 is 0 Å². The molecule has 0 radical (unpaired) electrons. The Labute approximate surface area is 190 Å². The summed E-state index contributed by atoms with van der Waals surface area (Å²) in [5.74, 6) is 0.635. The maximum Gasteiger partial charge on any atom is 0.254 e. The highest BCUT2D eigenvalue weighted by Gasteiger charge is 2.33. The highest BCUT2D eigenvalue weighted by Crippen LogP contribution is 2.27. The summed E-state index contributed by atoms with van der Waals surface area (Å²) >= 11 is 0. The number of likely N-dealkylation sites (tertiary alicyclic amines) is 2. The van der Waals surface area contributed by atoms with E-state index >= 15 is 0 Å². The molecule has 0 bridgehead atoms. The molecule has 0 N–H and O–H groups in total. The van der Waals surface area contributed by atoms with Gasteiger partial charge in [-0.3, -0.25) is 9.59 Å². The number of morpholine rings is 1. The Morgan fingerprint density at radius 1 is 0.750 bits per heavy atom. The molecule has 0 saturated carbocycles. The number of nitrogens with zero attached hydrogens (tertiary/aromatic N) is 3. The summed E-state index contributed by atoms with van der Waals surface area (Å²) in [6.07, 6.45) is 3.92. The minimum Gasteiger partial charge on any atom is -0.378 e. The Kier molecular flexibility index (Phi) is 6.42. The van der Waals surface area contributed by atoms with E-state index in [0.29, 0.717) is 25.2 Å². The van der Waals surface area contributed by atoms with Crippen LogP contribution in [-0.4, -0.2) is 85.0 Å². The molecular formula is C26H33N3O3. The van der Waals surface area contributed by atoms with E-state index in [1.54, 1.807) is 0 Å². The summed E-state index contributed by atoms with van der Waals surface area (Å²) in [7, 11) is 0. The molecule has 3 aliphatic rings. The van der Waals surface area contributed by atoms with Crippen molar-refractivity contribution in [2.24, 2.45) is 5.92 Å². The number of hydrogen-bond donors (Lipinski definition) is 0. The van der Waals surface area contributed by atoms with Gasteiger partial charge in [-0.15, -0.1) is 0 Å². The second-order valence-corrected chi connectivity index (χ2v) is 9.30. The molecule has 3 fully saturated rings. The molecule has 5 rings (SSSR count). The zero-order valence-corrected chi connectivity index (χ0v) is 18.7. The van der Waals surface area contributed by atoms with Gasteiger partial charge in [-0.1, -0.05) is 36.4 Å². The monoisotopic (exact) mass is 435 g/mol. The highest BCUT2D eigenvalue weighted by atomic mass is 16.5. The van der Waals surface area contributed by atoms with Crippen LogP contribution in [0.2, 0.25) is 0 Å². The van der Waals surface area contributed by atoms with Gasteiger partial charge < -0.3 is 19.4 Å². The Balaban J connectivity index is 1.13. The average Bonchev–Trinajstić information content (AvgIpc) is 2.88. The zero-order valence-electron chi connectivity index (χ0n) is 18.7. The molecule has 3 heterocycles. The van der Waals surface area contributed by atoms with Crippen LogP contribution in [0.25, 0.3) is 10.8 Å². The maximum atomic E-state index is 13.2. The first-order chi connectivity index (χ1) is 15.7. The lowest BCUT2D eigenvalue weighted by Gasteiger charge is -2.42. The summed E-state index contributed by atoms with van der Waals surface area (Å²) in [5, 5.41) is 2.15. The molecule has 6 nitrogen and oxygen atoms in total. The molecule has 2 amide bonds. The normalized spacial score (nSPS) is 21.8. The van der Waals surface area contributed by atoms with E-state index in [9.17, 15) is 9.59 Å². The molecule has 6 heteroatoms. The van der Waals surface area contributed by atoms with Crippen LogP contribution in [0.5, 0.6) is 0 Å². The van der Waals surface area contributed by atoms with Crippen molar-refractivity contribution in [1.82, 2.24) is 14.7 Å². The summed E-state index contributed by atoms with van der Waals surface area (Å²) in [5.41, 5.74) is 0.809. The molecule has 3 saturated heterocycles. The van der Waals surface area contributed by atoms with Crippen molar-refractivity contribution in [2.75, 3.05) is 52.5 Å². The van der Waals surface area contributed by atoms with Crippen molar-refractivity contribution in [3.05, 3.63) is 48.0 Å². The fourth-order valence-corrected chi connectivity index (χ4v) is 5.57. The minimum atomic E-state index is 0.148. The van der Waals surface area contributed by atoms with Crippen molar-refractivity contribution < 1.29 is 14.3 Å². The van der Waals surface area contributed by atoms with Crippen molar-refractivity contribution >= 4 is 22.6 Å². The number of benzene rings is 2. The smallest absolute Gasteiger partial charge is 0.254 e. The summed E-state index contributed by atoms with van der Waals surface area (Å²) in [4.78, 5) is 32.6. The van der Waals surface area contributed by atoms with Gasteiger partial charge in [0.25, 0.3) is 5.91 Å². The van der Waals surface area contributed by atoms with Crippen molar-refractivity contribution in [3.8, 4) is 0 Å². The molecule has 0 atom stereocenters. The number of hydrogen-bond acceptors (Lipinski definition) is 4. The van der Waals surface area contributed by atoms with Gasteiger partial charge in [-0.05, 0) is 55.6 Å². The van der Waals surface area contributed by atoms with Gasteiger partial charge in [0.05, 0.1) is 13.2 Å². The van der Waals surface area contributed by atoms with Crippen LogP contribution in [-0.2, 0) is 9.53 Å². The van der Waals surface area contributed by atoms with Crippen molar-refractivity contribution in [3.63, 3.8) is 0 Å². The number of amides is 2. The van der Waals surface area contributed by atoms with E-state index in [0.717, 1.165) is 81.3 Å². The van der Waals surface area contributed by atoms with E-state index < -0.39 is 0 Å². The number of piperidine rings is 2. The lowest BCUT2D eigenvalue weighted by Crippen LogP contribution is -2.51. The van der Waals surface area contributed by atoms with E-state index in [1.807, 2.05) is 40.1 Å². The molecule has 0 aromatic heterocycles. The third kappa shape index (κ3) is 4.39. The van der Waals surface area contributed by atoms with E-state index in [2.05, 4.69) is 17.0 Å². The number of fused-ring (bicyclic) bond motifs is 1. The summed E-state index contributed by atoms with van der Waals surface area (Å²) in [6, 6.07) is 14.6. The van der Waals surface area contributed by atoms with Crippen molar-refractivity contribution in [1.29, 1.82) is 0 Å². The van der Waals surface area contributed by atoms with Gasteiger partial charge in [0.1, 0.15) is 0 Å². The first kappa shape index (κ1) is 21.4. The molecule has 3 aliphatic heterocycles. The van der Waals surface area contributed by atoms with Crippen molar-refractivity contribution in [2.45, 2.75) is 31.7 Å². The van der Waals surface area contributed by atoms with Gasteiger partial charge in [0.15, 0.2) is 0 Å². The lowest BCUT2D eigenvalue weighted by molar-refractivity contribution is -0.141. The number of ether oxygens (including phenoxy) is 1. The Hall–Kier alpha value is -2.44. The first-order valence-electron chi connectivity index (χ1n) is 12.1. The van der Waals surface area contributed by atoms with Crippen LogP contribution in [0.15, 0.2) is 42.5 Å².